The molecule has 1 aliphatic heterocycles. The smallest absolute Gasteiger partial charge is 0.410 e. The molecule has 1 aromatic rings. The number of carbonyl (C=O) groups excluding carboxylic acids is 1. The summed E-state index contributed by atoms with van der Waals surface area (Å²) in [5.74, 6) is 0.939. The summed E-state index contributed by atoms with van der Waals surface area (Å²) < 4.78 is 5.40. The maximum atomic E-state index is 12.1. The molecule has 2 rings (SSSR count). The number of piperidine rings is 1. The Kier molecular flexibility index (Phi) is 5.60. The molecular weight excluding hydrogens is 306 g/mol. The van der Waals surface area contributed by atoms with Crippen LogP contribution in [0.15, 0.2) is 12.4 Å². The lowest BCUT2D eigenvalue weighted by Crippen LogP contribution is -2.43. The molecule has 2 heterocycles. The predicted octanol–water partition coefficient (Wildman–Crippen LogP) is 2.43. The van der Waals surface area contributed by atoms with E-state index in [1.54, 1.807) is 18.1 Å². The fraction of sp³-hybridized carbons (Fsp3) is 0.647. The Hall–Kier alpha value is -2.36. The van der Waals surface area contributed by atoms with E-state index in [1.165, 1.54) is 6.20 Å². The summed E-state index contributed by atoms with van der Waals surface area (Å²) in [5, 5.41) is 9.19. The number of rotatable bonds is 3. The zero-order valence-corrected chi connectivity index (χ0v) is 14.8. The summed E-state index contributed by atoms with van der Waals surface area (Å²) in [5.41, 5.74) is -0.149. The fourth-order valence-corrected chi connectivity index (χ4v) is 2.85. The van der Waals surface area contributed by atoms with Gasteiger partial charge in [0.2, 0.25) is 0 Å². The van der Waals surface area contributed by atoms with Crippen molar-refractivity contribution in [1.29, 1.82) is 5.26 Å². The molecule has 1 unspecified atom stereocenters. The molecule has 1 saturated heterocycles. The van der Waals surface area contributed by atoms with Crippen LogP contribution >= 0.6 is 0 Å². The highest BCUT2D eigenvalue weighted by atomic mass is 16.6. The number of ether oxygens (including phenoxy) is 1. The third-order valence-corrected chi connectivity index (χ3v) is 3.84. The maximum absolute atomic E-state index is 12.1. The van der Waals surface area contributed by atoms with Gasteiger partial charge in [-0.3, -0.25) is 0 Å². The zero-order chi connectivity index (χ0) is 17.7. The molecule has 7 heteroatoms. The first kappa shape index (κ1) is 18.0. The Morgan fingerprint density at radius 1 is 1.46 bits per heavy atom. The second kappa shape index (κ2) is 7.47. The SMILES string of the molecule is CN(CC1CCCN(c2nccnc2C#N)C1)C(=O)OC(C)(C)C. The molecule has 1 fully saturated rings. The highest BCUT2D eigenvalue weighted by molar-refractivity contribution is 5.67. The highest BCUT2D eigenvalue weighted by Crippen LogP contribution is 2.24. The lowest BCUT2D eigenvalue weighted by Gasteiger charge is -2.35. The van der Waals surface area contributed by atoms with Crippen LogP contribution in [0.3, 0.4) is 0 Å². The minimum atomic E-state index is -0.495. The van der Waals surface area contributed by atoms with Crippen LogP contribution in [-0.4, -0.2) is 53.2 Å². The van der Waals surface area contributed by atoms with Crippen LogP contribution in [0.5, 0.6) is 0 Å². The summed E-state index contributed by atoms with van der Waals surface area (Å²) in [6.45, 7) is 7.80. The van der Waals surface area contributed by atoms with Gasteiger partial charge in [-0.2, -0.15) is 5.26 Å². The van der Waals surface area contributed by atoms with Crippen LogP contribution in [-0.2, 0) is 4.74 Å². The van der Waals surface area contributed by atoms with Crippen LogP contribution < -0.4 is 4.90 Å². The van der Waals surface area contributed by atoms with Crippen molar-refractivity contribution in [2.45, 2.75) is 39.2 Å². The van der Waals surface area contributed by atoms with Crippen molar-refractivity contribution in [3.8, 4) is 6.07 Å². The summed E-state index contributed by atoms with van der Waals surface area (Å²) in [7, 11) is 1.76. The second-order valence-corrected chi connectivity index (χ2v) is 7.16. The minimum Gasteiger partial charge on any atom is -0.444 e. The van der Waals surface area contributed by atoms with E-state index in [2.05, 4.69) is 20.9 Å². The number of amides is 1. The first-order valence-corrected chi connectivity index (χ1v) is 8.20. The largest absolute Gasteiger partial charge is 0.444 e. The summed E-state index contributed by atoms with van der Waals surface area (Å²) in [4.78, 5) is 24.2. The Morgan fingerprint density at radius 2 is 2.17 bits per heavy atom. The average Bonchev–Trinajstić information content (AvgIpc) is 2.53. The van der Waals surface area contributed by atoms with E-state index < -0.39 is 5.60 Å². The molecule has 0 aliphatic carbocycles. The molecule has 130 valence electrons. The molecule has 0 saturated carbocycles. The van der Waals surface area contributed by atoms with Crippen LogP contribution in [0.1, 0.15) is 39.3 Å². The molecule has 0 bridgehead atoms. The zero-order valence-electron chi connectivity index (χ0n) is 14.8. The van der Waals surface area contributed by atoms with Crippen LogP contribution in [0.4, 0.5) is 10.6 Å². The number of carbonyl (C=O) groups is 1. The minimum absolute atomic E-state index is 0.308. The van der Waals surface area contributed by atoms with E-state index >= 15 is 0 Å². The molecule has 1 aromatic heterocycles. The summed E-state index contributed by atoms with van der Waals surface area (Å²) >= 11 is 0. The van der Waals surface area contributed by atoms with Crippen molar-refractivity contribution in [3.63, 3.8) is 0 Å². The third kappa shape index (κ3) is 4.82. The maximum Gasteiger partial charge on any atom is 0.410 e. The first-order valence-electron chi connectivity index (χ1n) is 8.20. The predicted molar refractivity (Wildman–Crippen MR) is 90.5 cm³/mol. The Labute approximate surface area is 143 Å². The van der Waals surface area contributed by atoms with Gasteiger partial charge in [0.1, 0.15) is 11.7 Å². The van der Waals surface area contributed by atoms with Crippen LogP contribution in [0, 0.1) is 17.2 Å². The number of hydrogen-bond donors (Lipinski definition) is 0. The van der Waals surface area contributed by atoms with E-state index in [-0.39, 0.29) is 6.09 Å². The van der Waals surface area contributed by atoms with Crippen molar-refractivity contribution < 1.29 is 9.53 Å². The first-order chi connectivity index (χ1) is 11.3. The van der Waals surface area contributed by atoms with Gasteiger partial charge >= 0.3 is 6.09 Å². The van der Waals surface area contributed by atoms with Gasteiger partial charge in [0.25, 0.3) is 0 Å². The van der Waals surface area contributed by atoms with Crippen LogP contribution in [0.25, 0.3) is 0 Å². The van der Waals surface area contributed by atoms with Crippen LogP contribution in [0.2, 0.25) is 0 Å². The molecule has 7 nitrogen and oxygen atoms in total. The average molecular weight is 331 g/mol. The fourth-order valence-electron chi connectivity index (χ4n) is 2.85. The molecule has 1 atom stereocenters. The molecule has 0 radical (unpaired) electrons. The Bertz CT molecular complexity index is 620. The van der Waals surface area contributed by atoms with Gasteiger partial charge in [0, 0.05) is 39.1 Å². The lowest BCUT2D eigenvalue weighted by molar-refractivity contribution is 0.0269. The van der Waals surface area contributed by atoms with E-state index in [9.17, 15) is 10.1 Å². The van der Waals surface area contributed by atoms with E-state index in [0.29, 0.717) is 24.0 Å². The molecular formula is C17H25N5O2. The molecule has 1 amide bonds. The standard InChI is InChI=1S/C17H25N5O2/c1-17(2,3)24-16(23)21(4)11-13-6-5-9-22(12-13)15-14(10-18)19-7-8-20-15/h7-8,13H,5-6,9,11-12H2,1-4H3. The Balaban J connectivity index is 1.98. The second-order valence-electron chi connectivity index (χ2n) is 7.16. The van der Waals surface area contributed by atoms with Gasteiger partial charge < -0.3 is 14.5 Å². The lowest BCUT2D eigenvalue weighted by atomic mass is 9.97. The van der Waals surface area contributed by atoms with Crippen molar-refractivity contribution in [1.82, 2.24) is 14.9 Å². The van der Waals surface area contributed by atoms with Gasteiger partial charge in [-0.05, 0) is 39.5 Å². The quantitative estimate of drug-likeness (QED) is 0.846. The van der Waals surface area contributed by atoms with Crippen molar-refractivity contribution in [3.05, 3.63) is 18.1 Å². The Morgan fingerprint density at radius 3 is 2.83 bits per heavy atom. The molecule has 24 heavy (non-hydrogen) atoms. The van der Waals surface area contributed by atoms with Crippen molar-refractivity contribution >= 4 is 11.9 Å². The monoisotopic (exact) mass is 331 g/mol. The van der Waals surface area contributed by atoms with Gasteiger partial charge in [0.15, 0.2) is 11.5 Å². The molecule has 0 N–H and O–H groups in total. The van der Waals surface area contributed by atoms with Gasteiger partial charge in [-0.15, -0.1) is 0 Å². The van der Waals surface area contributed by atoms with E-state index in [0.717, 1.165) is 25.9 Å². The summed E-state index contributed by atoms with van der Waals surface area (Å²) in [6.07, 6.45) is 4.85. The number of hydrogen-bond acceptors (Lipinski definition) is 6. The van der Waals surface area contributed by atoms with Gasteiger partial charge in [-0.25, -0.2) is 14.8 Å². The molecule has 0 aromatic carbocycles. The van der Waals surface area contributed by atoms with Crippen molar-refractivity contribution in [2.75, 3.05) is 31.6 Å². The normalized spacial score (nSPS) is 18.0. The number of anilines is 1. The molecule has 0 spiro atoms. The van der Waals surface area contributed by atoms with Gasteiger partial charge in [-0.1, -0.05) is 0 Å². The number of nitriles is 1. The van der Waals surface area contributed by atoms with Crippen molar-refractivity contribution in [2.24, 2.45) is 5.92 Å². The van der Waals surface area contributed by atoms with E-state index in [4.69, 9.17) is 4.74 Å². The topological polar surface area (TPSA) is 82.4 Å². The summed E-state index contributed by atoms with van der Waals surface area (Å²) in [6, 6.07) is 2.09. The highest BCUT2D eigenvalue weighted by Gasteiger charge is 2.27. The van der Waals surface area contributed by atoms with E-state index in [1.807, 2.05) is 20.8 Å². The van der Waals surface area contributed by atoms with Gasteiger partial charge in [0.05, 0.1) is 0 Å². The third-order valence-electron chi connectivity index (χ3n) is 3.84. The number of nitrogens with zero attached hydrogens (tertiary/aromatic N) is 5. The number of aromatic nitrogens is 2. The molecule has 1 aliphatic rings.